The number of ether oxygens (including phenoxy) is 1. The number of piperazine rings is 1. The van der Waals surface area contributed by atoms with Gasteiger partial charge in [-0.05, 0) is 38.5 Å². The topological polar surface area (TPSA) is 48.3 Å². The van der Waals surface area contributed by atoms with E-state index in [1.165, 1.54) is 0 Å². The Hall–Kier alpha value is -1.57. The molecule has 0 bridgehead atoms. The van der Waals surface area contributed by atoms with Crippen molar-refractivity contribution in [3.63, 3.8) is 0 Å². The molecule has 1 aromatic carbocycles. The Morgan fingerprint density at radius 2 is 2.10 bits per heavy atom. The predicted molar refractivity (Wildman–Crippen MR) is 84.4 cm³/mol. The summed E-state index contributed by atoms with van der Waals surface area (Å²) >= 11 is 0. The van der Waals surface area contributed by atoms with Gasteiger partial charge in [0.1, 0.15) is 11.3 Å². The highest BCUT2D eigenvalue weighted by Gasteiger charge is 2.32. The lowest BCUT2D eigenvalue weighted by atomic mass is 9.91. The second kappa shape index (κ2) is 6.93. The molecule has 1 fully saturated rings. The van der Waals surface area contributed by atoms with Gasteiger partial charge in [-0.15, -0.1) is 0 Å². The molecule has 2 rings (SSSR count). The van der Waals surface area contributed by atoms with Crippen LogP contribution in [0, 0.1) is 11.3 Å². The van der Waals surface area contributed by atoms with Crippen molar-refractivity contribution in [1.82, 2.24) is 10.2 Å². The Morgan fingerprint density at radius 3 is 2.71 bits per heavy atom. The molecule has 1 aliphatic heterocycles. The zero-order chi connectivity index (χ0) is 15.3. The van der Waals surface area contributed by atoms with Gasteiger partial charge in [0.25, 0.3) is 0 Å². The normalized spacial score (nSPS) is 19.0. The zero-order valence-electron chi connectivity index (χ0n) is 13.2. The Bertz CT molecular complexity index is 503. The molecule has 0 amide bonds. The highest BCUT2D eigenvalue weighted by Crippen LogP contribution is 2.23. The second-order valence-electron chi connectivity index (χ2n) is 6.11. The zero-order valence-corrected chi connectivity index (χ0v) is 13.2. The highest BCUT2D eigenvalue weighted by atomic mass is 16.5. The first-order valence-corrected chi connectivity index (χ1v) is 7.66. The average Bonchev–Trinajstić information content (AvgIpc) is 2.47. The Labute approximate surface area is 127 Å². The SMILES string of the molecule is CC(C)Oc1cccc(CC(C)(C#N)N2CCNCC2)c1. The van der Waals surface area contributed by atoms with Crippen LogP contribution in [-0.4, -0.2) is 42.7 Å². The monoisotopic (exact) mass is 287 g/mol. The van der Waals surface area contributed by atoms with Crippen LogP contribution < -0.4 is 10.1 Å². The van der Waals surface area contributed by atoms with E-state index in [-0.39, 0.29) is 6.10 Å². The van der Waals surface area contributed by atoms with E-state index < -0.39 is 5.54 Å². The molecule has 1 N–H and O–H groups in total. The molecule has 1 heterocycles. The van der Waals surface area contributed by atoms with Crippen LogP contribution in [0.15, 0.2) is 24.3 Å². The quantitative estimate of drug-likeness (QED) is 0.902. The van der Waals surface area contributed by atoms with E-state index in [0.717, 1.165) is 43.9 Å². The van der Waals surface area contributed by atoms with E-state index in [9.17, 15) is 5.26 Å². The molecule has 4 nitrogen and oxygen atoms in total. The Kier molecular flexibility index (Phi) is 5.22. The molecule has 0 spiro atoms. The molecule has 1 unspecified atom stereocenters. The summed E-state index contributed by atoms with van der Waals surface area (Å²) in [5, 5.41) is 13.0. The van der Waals surface area contributed by atoms with E-state index in [4.69, 9.17) is 4.74 Å². The lowest BCUT2D eigenvalue weighted by Gasteiger charge is -2.39. The fourth-order valence-corrected chi connectivity index (χ4v) is 2.78. The summed E-state index contributed by atoms with van der Waals surface area (Å²) < 4.78 is 5.74. The van der Waals surface area contributed by atoms with Crippen LogP contribution in [0.1, 0.15) is 26.3 Å². The standard InChI is InChI=1S/C17H25N3O/c1-14(2)21-16-6-4-5-15(11-16)12-17(3,13-18)20-9-7-19-8-10-20/h4-6,11,14,19H,7-10,12H2,1-3H3. The van der Waals surface area contributed by atoms with Crippen LogP contribution in [0.2, 0.25) is 0 Å². The van der Waals surface area contributed by atoms with Crippen molar-refractivity contribution in [2.45, 2.75) is 38.8 Å². The van der Waals surface area contributed by atoms with Gasteiger partial charge in [0.05, 0.1) is 12.2 Å². The fourth-order valence-electron chi connectivity index (χ4n) is 2.78. The molecule has 0 aliphatic carbocycles. The van der Waals surface area contributed by atoms with Crippen LogP contribution in [0.25, 0.3) is 0 Å². The number of benzene rings is 1. The van der Waals surface area contributed by atoms with Crippen LogP contribution in [0.5, 0.6) is 5.75 Å². The van der Waals surface area contributed by atoms with Crippen molar-refractivity contribution in [3.05, 3.63) is 29.8 Å². The summed E-state index contributed by atoms with van der Waals surface area (Å²) in [6.07, 6.45) is 0.884. The van der Waals surface area contributed by atoms with Gasteiger partial charge in [-0.1, -0.05) is 12.1 Å². The number of rotatable bonds is 5. The first-order chi connectivity index (χ1) is 10.0. The Morgan fingerprint density at radius 1 is 1.38 bits per heavy atom. The largest absolute Gasteiger partial charge is 0.491 e. The molecule has 21 heavy (non-hydrogen) atoms. The van der Waals surface area contributed by atoms with Crippen molar-refractivity contribution < 1.29 is 4.74 Å². The second-order valence-corrected chi connectivity index (χ2v) is 6.11. The van der Waals surface area contributed by atoms with E-state index in [2.05, 4.69) is 28.4 Å². The van der Waals surface area contributed by atoms with Crippen molar-refractivity contribution in [2.24, 2.45) is 0 Å². The summed E-state index contributed by atoms with van der Waals surface area (Å²) in [4.78, 5) is 2.28. The van der Waals surface area contributed by atoms with Gasteiger partial charge >= 0.3 is 0 Å². The molecule has 1 saturated heterocycles. The Balaban J connectivity index is 2.12. The minimum atomic E-state index is -0.460. The van der Waals surface area contributed by atoms with Crippen LogP contribution >= 0.6 is 0 Å². The minimum absolute atomic E-state index is 0.163. The lowest BCUT2D eigenvalue weighted by molar-refractivity contribution is 0.132. The smallest absolute Gasteiger partial charge is 0.119 e. The van der Waals surface area contributed by atoms with Crippen LogP contribution in [0.3, 0.4) is 0 Å². The maximum Gasteiger partial charge on any atom is 0.119 e. The number of nitrogens with zero attached hydrogens (tertiary/aromatic N) is 2. The van der Waals surface area contributed by atoms with E-state index >= 15 is 0 Å². The van der Waals surface area contributed by atoms with Crippen molar-refractivity contribution in [1.29, 1.82) is 5.26 Å². The van der Waals surface area contributed by atoms with Gasteiger partial charge in [-0.25, -0.2) is 0 Å². The van der Waals surface area contributed by atoms with Crippen molar-refractivity contribution in [2.75, 3.05) is 26.2 Å². The van der Waals surface area contributed by atoms with Crippen molar-refractivity contribution in [3.8, 4) is 11.8 Å². The minimum Gasteiger partial charge on any atom is -0.491 e. The van der Waals surface area contributed by atoms with Crippen molar-refractivity contribution >= 4 is 0 Å². The molecule has 0 radical (unpaired) electrons. The van der Waals surface area contributed by atoms with E-state index in [1.54, 1.807) is 0 Å². The van der Waals surface area contributed by atoms with Crippen LogP contribution in [0.4, 0.5) is 0 Å². The third-order valence-corrected chi connectivity index (χ3v) is 3.87. The van der Waals surface area contributed by atoms with Gasteiger partial charge in [0.15, 0.2) is 0 Å². The molecular formula is C17H25N3O. The van der Waals surface area contributed by atoms with Crippen LogP contribution in [-0.2, 0) is 6.42 Å². The number of hydrogen-bond acceptors (Lipinski definition) is 4. The first kappa shape index (κ1) is 15.8. The first-order valence-electron chi connectivity index (χ1n) is 7.66. The summed E-state index contributed by atoms with van der Waals surface area (Å²) in [5.74, 6) is 0.878. The van der Waals surface area contributed by atoms with Gasteiger partial charge in [0.2, 0.25) is 0 Å². The molecule has 1 aliphatic rings. The highest BCUT2D eigenvalue weighted by molar-refractivity contribution is 5.31. The maximum atomic E-state index is 9.67. The summed E-state index contributed by atoms with van der Waals surface area (Å²) in [7, 11) is 0. The van der Waals surface area contributed by atoms with E-state index in [0.29, 0.717) is 0 Å². The van der Waals surface area contributed by atoms with Gasteiger partial charge < -0.3 is 10.1 Å². The number of nitrogens with one attached hydrogen (secondary N) is 1. The summed E-state index contributed by atoms with van der Waals surface area (Å²) in [6, 6.07) is 10.6. The third kappa shape index (κ3) is 4.20. The molecule has 4 heteroatoms. The van der Waals surface area contributed by atoms with Gasteiger partial charge in [-0.3, -0.25) is 4.90 Å². The predicted octanol–water partition coefficient (Wildman–Crippen LogP) is 2.20. The molecule has 1 aromatic rings. The summed E-state index contributed by atoms with van der Waals surface area (Å²) in [5.41, 5.74) is 0.689. The molecular weight excluding hydrogens is 262 g/mol. The number of hydrogen-bond donors (Lipinski definition) is 1. The average molecular weight is 287 g/mol. The van der Waals surface area contributed by atoms with Gasteiger partial charge in [-0.2, -0.15) is 5.26 Å². The molecule has 0 saturated carbocycles. The summed E-state index contributed by atoms with van der Waals surface area (Å²) in [6.45, 7) is 9.83. The lowest BCUT2D eigenvalue weighted by Crippen LogP contribution is -2.55. The molecule has 1 atom stereocenters. The maximum absolute atomic E-state index is 9.67. The third-order valence-electron chi connectivity index (χ3n) is 3.87. The molecule has 0 aromatic heterocycles. The number of nitriles is 1. The van der Waals surface area contributed by atoms with Gasteiger partial charge in [0, 0.05) is 32.6 Å². The molecule has 114 valence electrons. The van der Waals surface area contributed by atoms with E-state index in [1.807, 2.05) is 32.9 Å². The fraction of sp³-hybridized carbons (Fsp3) is 0.588.